The monoisotopic (exact) mass is 411 g/mol. The number of nitrogens with zero attached hydrogens (tertiary/aromatic N) is 5. The van der Waals surface area contributed by atoms with Crippen LogP contribution in [0.1, 0.15) is 0 Å². The third-order valence-corrected chi connectivity index (χ3v) is 7.77. The fourth-order valence-corrected chi connectivity index (χ4v) is 5.16. The first-order chi connectivity index (χ1) is 13.3. The number of carbonyl (C=O) groups is 1. The summed E-state index contributed by atoms with van der Waals surface area (Å²) in [4.78, 5) is 15.2. The van der Waals surface area contributed by atoms with Crippen molar-refractivity contribution in [3.05, 3.63) is 36.2 Å². The van der Waals surface area contributed by atoms with Crippen LogP contribution < -0.4 is 9.80 Å². The van der Waals surface area contributed by atoms with Crippen molar-refractivity contribution in [1.29, 1.82) is 0 Å². The van der Waals surface area contributed by atoms with E-state index < -0.39 is 33.9 Å². The van der Waals surface area contributed by atoms with E-state index in [0.717, 1.165) is 11.5 Å². The maximum absolute atomic E-state index is 14.8. The Morgan fingerprint density at radius 3 is 2.50 bits per heavy atom. The Labute approximate surface area is 163 Å². The van der Waals surface area contributed by atoms with E-state index in [4.69, 9.17) is 4.74 Å². The molecule has 0 saturated carbocycles. The number of halogens is 2. The van der Waals surface area contributed by atoms with E-state index in [1.165, 1.54) is 23.2 Å². The largest absolute Gasteiger partial charge is 0.442 e. The van der Waals surface area contributed by atoms with Gasteiger partial charge in [0.1, 0.15) is 11.8 Å². The lowest BCUT2D eigenvalue weighted by molar-refractivity contribution is 0.129. The van der Waals surface area contributed by atoms with Crippen LogP contribution in [-0.2, 0) is 11.3 Å². The van der Waals surface area contributed by atoms with E-state index in [1.54, 1.807) is 15.8 Å². The van der Waals surface area contributed by atoms with Gasteiger partial charge in [-0.15, -0.1) is 5.10 Å². The highest BCUT2D eigenvalue weighted by Crippen LogP contribution is 2.43. The minimum atomic E-state index is -0.673. The number of amides is 1. The predicted octanol–water partition coefficient (Wildman–Crippen LogP) is 2.47. The fourth-order valence-electron chi connectivity index (χ4n) is 3.53. The van der Waals surface area contributed by atoms with Crippen molar-refractivity contribution >= 4 is 27.5 Å². The number of hydrogen-bond acceptors (Lipinski definition) is 5. The zero-order chi connectivity index (χ0) is 19.9. The van der Waals surface area contributed by atoms with Crippen molar-refractivity contribution in [1.82, 2.24) is 15.0 Å². The quantitative estimate of drug-likeness (QED) is 0.774. The molecule has 0 radical (unpaired) electrons. The molecule has 1 aromatic heterocycles. The van der Waals surface area contributed by atoms with E-state index >= 15 is 0 Å². The zero-order valence-corrected chi connectivity index (χ0v) is 16.7. The first-order valence-electron chi connectivity index (χ1n) is 9.07. The van der Waals surface area contributed by atoms with Crippen LogP contribution in [0.5, 0.6) is 0 Å². The molecule has 2 saturated heterocycles. The van der Waals surface area contributed by atoms with Gasteiger partial charge in [-0.05, 0) is 24.0 Å². The van der Waals surface area contributed by atoms with Crippen LogP contribution in [-0.4, -0.2) is 70.8 Å². The lowest BCUT2D eigenvalue weighted by Crippen LogP contribution is -2.39. The average Bonchev–Trinajstić information content (AvgIpc) is 3.25. The second kappa shape index (κ2) is 7.23. The molecule has 2 aromatic rings. The molecular weight excluding hydrogens is 388 g/mol. The van der Waals surface area contributed by atoms with Crippen LogP contribution in [0.2, 0.25) is 0 Å². The average molecular weight is 411 g/mol. The SMILES string of the molecule is CS1(C)CCN(c2c(F)cc(N3CC(Cn4ccnn4)OC3=O)cc2F)CC1. The van der Waals surface area contributed by atoms with Gasteiger partial charge in [0.25, 0.3) is 0 Å². The molecular formula is C18H23F2N5O2S. The van der Waals surface area contributed by atoms with Crippen molar-refractivity contribution < 1.29 is 18.3 Å². The molecule has 4 rings (SSSR count). The molecule has 2 fully saturated rings. The number of cyclic esters (lactones) is 1. The summed E-state index contributed by atoms with van der Waals surface area (Å²) >= 11 is 0. The Bertz CT molecular complexity index is 844. The number of anilines is 2. The van der Waals surface area contributed by atoms with Crippen LogP contribution in [0.25, 0.3) is 0 Å². The highest BCUT2D eigenvalue weighted by atomic mass is 32.3. The summed E-state index contributed by atoms with van der Waals surface area (Å²) in [5.41, 5.74) is 0.151. The van der Waals surface area contributed by atoms with Crippen LogP contribution in [0.4, 0.5) is 25.0 Å². The summed E-state index contributed by atoms with van der Waals surface area (Å²) in [5, 5.41) is 7.54. The second-order valence-electron chi connectivity index (χ2n) is 7.66. The minimum absolute atomic E-state index is 0.00891. The molecule has 1 atom stereocenters. The molecule has 0 spiro atoms. The van der Waals surface area contributed by atoms with E-state index in [2.05, 4.69) is 22.8 Å². The van der Waals surface area contributed by atoms with Crippen molar-refractivity contribution in [2.45, 2.75) is 12.6 Å². The molecule has 1 unspecified atom stereocenters. The Hall–Kier alpha value is -2.36. The van der Waals surface area contributed by atoms with Gasteiger partial charge < -0.3 is 9.64 Å². The second-order valence-corrected chi connectivity index (χ2v) is 12.0. The molecule has 0 aliphatic carbocycles. The molecule has 3 heterocycles. The van der Waals surface area contributed by atoms with Gasteiger partial charge in [-0.3, -0.25) is 4.90 Å². The van der Waals surface area contributed by atoms with Crippen LogP contribution in [0.3, 0.4) is 0 Å². The Balaban J connectivity index is 1.51. The maximum Gasteiger partial charge on any atom is 0.414 e. The highest BCUT2D eigenvalue weighted by molar-refractivity contribution is 8.32. The lowest BCUT2D eigenvalue weighted by Gasteiger charge is -2.42. The van der Waals surface area contributed by atoms with Crippen LogP contribution in [0.15, 0.2) is 24.5 Å². The van der Waals surface area contributed by atoms with Crippen LogP contribution >= 0.6 is 10.0 Å². The van der Waals surface area contributed by atoms with Gasteiger partial charge in [0, 0.05) is 31.4 Å². The lowest BCUT2D eigenvalue weighted by atomic mass is 10.2. The Kier molecular flexibility index (Phi) is 4.90. The summed E-state index contributed by atoms with van der Waals surface area (Å²) in [7, 11) is -0.673. The predicted molar refractivity (Wildman–Crippen MR) is 105 cm³/mol. The van der Waals surface area contributed by atoms with Gasteiger partial charge in [0.2, 0.25) is 0 Å². The van der Waals surface area contributed by atoms with E-state index in [0.29, 0.717) is 19.6 Å². The minimum Gasteiger partial charge on any atom is -0.442 e. The molecule has 0 bridgehead atoms. The molecule has 2 aliphatic heterocycles. The summed E-state index contributed by atoms with van der Waals surface area (Å²) in [5.74, 6) is 0.598. The van der Waals surface area contributed by atoms with Gasteiger partial charge >= 0.3 is 6.09 Å². The van der Waals surface area contributed by atoms with Gasteiger partial charge in [-0.1, -0.05) is 5.21 Å². The number of benzene rings is 1. The maximum atomic E-state index is 14.8. The van der Waals surface area contributed by atoms with E-state index in [-0.39, 0.29) is 17.9 Å². The van der Waals surface area contributed by atoms with E-state index in [1.807, 2.05) is 0 Å². The summed E-state index contributed by atoms with van der Waals surface area (Å²) in [6.07, 6.45) is 6.59. The summed E-state index contributed by atoms with van der Waals surface area (Å²) in [6, 6.07) is 2.42. The number of rotatable bonds is 4. The van der Waals surface area contributed by atoms with Crippen molar-refractivity contribution in [2.75, 3.05) is 53.5 Å². The summed E-state index contributed by atoms with van der Waals surface area (Å²) < 4.78 is 36.4. The van der Waals surface area contributed by atoms with Gasteiger partial charge in [-0.2, -0.15) is 0 Å². The third-order valence-electron chi connectivity index (χ3n) is 5.19. The first-order valence-corrected chi connectivity index (χ1v) is 11.9. The Morgan fingerprint density at radius 2 is 1.89 bits per heavy atom. The molecule has 1 amide bonds. The normalized spacial score (nSPS) is 23.0. The molecule has 2 aliphatic rings. The Morgan fingerprint density at radius 1 is 1.21 bits per heavy atom. The highest BCUT2D eigenvalue weighted by Gasteiger charge is 2.34. The number of hydrogen-bond donors (Lipinski definition) is 0. The first kappa shape index (κ1) is 19.0. The van der Waals surface area contributed by atoms with Crippen molar-refractivity contribution in [3.8, 4) is 0 Å². The smallest absolute Gasteiger partial charge is 0.414 e. The molecule has 7 nitrogen and oxygen atoms in total. The van der Waals surface area contributed by atoms with Gasteiger partial charge in [0.05, 0.1) is 25.0 Å². The number of ether oxygens (including phenoxy) is 1. The van der Waals surface area contributed by atoms with Gasteiger partial charge in [-0.25, -0.2) is 28.3 Å². The summed E-state index contributed by atoms with van der Waals surface area (Å²) in [6.45, 7) is 1.80. The number of aromatic nitrogens is 3. The van der Waals surface area contributed by atoms with Gasteiger partial charge in [0.15, 0.2) is 11.6 Å². The van der Waals surface area contributed by atoms with Crippen molar-refractivity contribution in [2.24, 2.45) is 0 Å². The molecule has 1 aromatic carbocycles. The van der Waals surface area contributed by atoms with Crippen molar-refractivity contribution in [3.63, 3.8) is 0 Å². The van der Waals surface area contributed by atoms with Crippen LogP contribution in [0, 0.1) is 11.6 Å². The third kappa shape index (κ3) is 3.78. The van der Waals surface area contributed by atoms with E-state index in [9.17, 15) is 13.6 Å². The molecule has 0 N–H and O–H groups in total. The standard InChI is InChI=1S/C18H23F2N5O2S/c1-28(2)7-5-23(6-8-28)17-15(19)9-13(10-16(17)20)25-12-14(27-18(25)26)11-24-4-3-21-22-24/h3-4,9-10,14H,5-8,11-12H2,1-2H3. The molecule has 28 heavy (non-hydrogen) atoms. The topological polar surface area (TPSA) is 63.5 Å². The number of carbonyl (C=O) groups excluding carboxylic acids is 1. The molecule has 152 valence electrons. The fraction of sp³-hybridized carbons (Fsp3) is 0.500. The molecule has 10 heteroatoms. The zero-order valence-electron chi connectivity index (χ0n) is 15.8.